The second-order valence-corrected chi connectivity index (χ2v) is 6.45. The van der Waals surface area contributed by atoms with Crippen LogP contribution in [-0.2, 0) is 0 Å². The fourth-order valence-corrected chi connectivity index (χ4v) is 3.28. The summed E-state index contributed by atoms with van der Waals surface area (Å²) in [6.45, 7) is 2.76. The number of nitrogens with zero attached hydrogens (tertiary/aromatic N) is 3. The van der Waals surface area contributed by atoms with Crippen molar-refractivity contribution in [2.24, 2.45) is 0 Å². The van der Waals surface area contributed by atoms with E-state index in [1.807, 2.05) is 30.3 Å². The fourth-order valence-electron chi connectivity index (χ4n) is 2.38. The van der Waals surface area contributed by atoms with Crippen LogP contribution in [0.4, 0.5) is 0 Å². The minimum Gasteiger partial charge on any atom is -0.494 e. The van der Waals surface area contributed by atoms with Crippen molar-refractivity contribution >= 4 is 22.4 Å². The van der Waals surface area contributed by atoms with Crippen LogP contribution in [0.3, 0.4) is 0 Å². The van der Waals surface area contributed by atoms with Crippen LogP contribution in [-0.4, -0.2) is 21.2 Å². The predicted octanol–water partition coefficient (Wildman–Crippen LogP) is 2.75. The third-order valence-corrected chi connectivity index (χ3v) is 4.53. The van der Waals surface area contributed by atoms with Crippen molar-refractivity contribution in [2.75, 3.05) is 6.61 Å². The van der Waals surface area contributed by atoms with E-state index in [4.69, 9.17) is 9.15 Å². The molecule has 25 heavy (non-hydrogen) atoms. The molecule has 0 atom stereocenters. The Bertz CT molecular complexity index is 1100. The Morgan fingerprint density at radius 2 is 2.12 bits per heavy atom. The standard InChI is InChI=1S/C18H15N3O3S/c1-2-9-23-13-7-5-12(6-8-13)11-15-17(22)21-18(25-15)19-16(20-21)14-4-3-10-24-14/h3-8,10-11H,2,9H2,1H3. The van der Waals surface area contributed by atoms with Gasteiger partial charge in [-0.2, -0.15) is 9.50 Å². The van der Waals surface area contributed by atoms with E-state index in [-0.39, 0.29) is 5.56 Å². The molecule has 0 bridgehead atoms. The predicted molar refractivity (Wildman–Crippen MR) is 95.8 cm³/mol. The van der Waals surface area contributed by atoms with E-state index in [9.17, 15) is 4.79 Å². The van der Waals surface area contributed by atoms with Crippen LogP contribution in [0.5, 0.6) is 5.75 Å². The van der Waals surface area contributed by atoms with Gasteiger partial charge in [0.1, 0.15) is 5.75 Å². The lowest BCUT2D eigenvalue weighted by Gasteiger charge is -2.03. The van der Waals surface area contributed by atoms with Gasteiger partial charge in [0.15, 0.2) is 5.76 Å². The minimum absolute atomic E-state index is 0.184. The molecular weight excluding hydrogens is 338 g/mol. The molecule has 3 heterocycles. The average Bonchev–Trinajstić information content (AvgIpc) is 3.33. The number of hydrogen-bond donors (Lipinski definition) is 0. The first-order chi connectivity index (χ1) is 12.2. The molecule has 0 unspecified atom stereocenters. The molecule has 126 valence electrons. The Morgan fingerprint density at radius 3 is 2.80 bits per heavy atom. The summed E-state index contributed by atoms with van der Waals surface area (Å²) in [6, 6.07) is 11.2. The molecule has 0 N–H and O–H groups in total. The summed E-state index contributed by atoms with van der Waals surface area (Å²) in [6.07, 6.45) is 4.35. The van der Waals surface area contributed by atoms with Crippen LogP contribution in [0.15, 0.2) is 51.9 Å². The summed E-state index contributed by atoms with van der Waals surface area (Å²) >= 11 is 1.30. The van der Waals surface area contributed by atoms with Crippen molar-refractivity contribution in [3.63, 3.8) is 0 Å². The lowest BCUT2D eigenvalue weighted by Crippen LogP contribution is -2.23. The van der Waals surface area contributed by atoms with Crippen molar-refractivity contribution in [3.05, 3.63) is 63.1 Å². The molecular formula is C18H15N3O3S. The van der Waals surface area contributed by atoms with E-state index in [0.717, 1.165) is 17.7 Å². The monoisotopic (exact) mass is 353 g/mol. The zero-order valence-electron chi connectivity index (χ0n) is 13.5. The lowest BCUT2D eigenvalue weighted by molar-refractivity contribution is 0.317. The topological polar surface area (TPSA) is 69.6 Å². The van der Waals surface area contributed by atoms with E-state index in [0.29, 0.717) is 27.7 Å². The van der Waals surface area contributed by atoms with Gasteiger partial charge in [-0.1, -0.05) is 30.4 Å². The molecule has 1 aromatic carbocycles. The Morgan fingerprint density at radius 1 is 1.28 bits per heavy atom. The largest absolute Gasteiger partial charge is 0.494 e. The van der Waals surface area contributed by atoms with Gasteiger partial charge < -0.3 is 9.15 Å². The maximum atomic E-state index is 12.5. The average molecular weight is 353 g/mol. The van der Waals surface area contributed by atoms with Crippen LogP contribution in [0.1, 0.15) is 18.9 Å². The first-order valence-electron chi connectivity index (χ1n) is 7.92. The molecule has 0 saturated carbocycles. The maximum absolute atomic E-state index is 12.5. The minimum atomic E-state index is -0.184. The third-order valence-electron chi connectivity index (χ3n) is 3.57. The highest BCUT2D eigenvalue weighted by molar-refractivity contribution is 7.15. The number of aromatic nitrogens is 3. The van der Waals surface area contributed by atoms with Crippen LogP contribution in [0.2, 0.25) is 0 Å². The fraction of sp³-hybridized carbons (Fsp3) is 0.167. The van der Waals surface area contributed by atoms with E-state index in [1.165, 1.54) is 15.9 Å². The summed E-state index contributed by atoms with van der Waals surface area (Å²) in [4.78, 5) is 17.4. The van der Waals surface area contributed by atoms with Gasteiger partial charge in [-0.05, 0) is 42.3 Å². The molecule has 7 heteroatoms. The lowest BCUT2D eigenvalue weighted by atomic mass is 10.2. The van der Waals surface area contributed by atoms with Gasteiger partial charge in [-0.25, -0.2) is 0 Å². The number of furan rings is 1. The number of hydrogen-bond acceptors (Lipinski definition) is 6. The highest BCUT2D eigenvalue weighted by Gasteiger charge is 2.13. The molecule has 6 nitrogen and oxygen atoms in total. The van der Waals surface area contributed by atoms with Gasteiger partial charge >= 0.3 is 0 Å². The van der Waals surface area contributed by atoms with Crippen molar-refractivity contribution in [3.8, 4) is 17.3 Å². The SMILES string of the molecule is CCCOc1ccc(C=c2sc3nc(-c4ccco4)nn3c2=O)cc1. The molecule has 3 aromatic heterocycles. The van der Waals surface area contributed by atoms with E-state index < -0.39 is 0 Å². The molecule has 0 spiro atoms. The van der Waals surface area contributed by atoms with Gasteiger partial charge in [0, 0.05) is 0 Å². The molecule has 0 saturated heterocycles. The molecule has 0 radical (unpaired) electrons. The third kappa shape index (κ3) is 3.06. The summed E-state index contributed by atoms with van der Waals surface area (Å²) in [5.41, 5.74) is 0.744. The Kier molecular flexibility index (Phi) is 4.07. The second kappa shape index (κ2) is 6.52. The Hall–Kier alpha value is -2.93. The maximum Gasteiger partial charge on any atom is 0.291 e. The Labute approximate surface area is 147 Å². The molecule has 4 aromatic rings. The van der Waals surface area contributed by atoms with Crippen LogP contribution in [0, 0.1) is 0 Å². The van der Waals surface area contributed by atoms with Gasteiger partial charge in [0.05, 0.1) is 17.4 Å². The highest BCUT2D eigenvalue weighted by Crippen LogP contribution is 2.17. The Balaban J connectivity index is 1.67. The first-order valence-corrected chi connectivity index (χ1v) is 8.74. The quantitative estimate of drug-likeness (QED) is 0.552. The number of ether oxygens (including phenoxy) is 1. The zero-order valence-corrected chi connectivity index (χ0v) is 14.3. The summed E-state index contributed by atoms with van der Waals surface area (Å²) in [5, 5.41) is 4.23. The zero-order chi connectivity index (χ0) is 17.2. The van der Waals surface area contributed by atoms with E-state index in [1.54, 1.807) is 18.4 Å². The van der Waals surface area contributed by atoms with E-state index >= 15 is 0 Å². The van der Waals surface area contributed by atoms with Gasteiger partial charge in [0.2, 0.25) is 10.8 Å². The summed E-state index contributed by atoms with van der Waals surface area (Å²) in [7, 11) is 0. The molecule has 0 amide bonds. The first kappa shape index (κ1) is 15.6. The summed E-state index contributed by atoms with van der Waals surface area (Å²) in [5.74, 6) is 1.79. The van der Waals surface area contributed by atoms with Gasteiger partial charge in [0.25, 0.3) is 5.56 Å². The molecule has 0 fully saturated rings. The molecule has 0 aliphatic heterocycles. The smallest absolute Gasteiger partial charge is 0.291 e. The molecule has 4 rings (SSSR count). The van der Waals surface area contributed by atoms with Crippen LogP contribution < -0.4 is 14.8 Å². The normalized spacial score (nSPS) is 12.1. The summed E-state index contributed by atoms with van der Waals surface area (Å²) < 4.78 is 12.7. The highest BCUT2D eigenvalue weighted by atomic mass is 32.1. The number of benzene rings is 1. The van der Waals surface area contributed by atoms with Crippen LogP contribution >= 0.6 is 11.3 Å². The molecule has 0 aliphatic rings. The van der Waals surface area contributed by atoms with Crippen molar-refractivity contribution < 1.29 is 9.15 Å². The van der Waals surface area contributed by atoms with Crippen LogP contribution in [0.25, 0.3) is 22.6 Å². The van der Waals surface area contributed by atoms with Crippen molar-refractivity contribution in [2.45, 2.75) is 13.3 Å². The van der Waals surface area contributed by atoms with E-state index in [2.05, 4.69) is 17.0 Å². The number of thiazole rings is 1. The number of fused-ring (bicyclic) bond motifs is 1. The van der Waals surface area contributed by atoms with Gasteiger partial charge in [-0.3, -0.25) is 4.79 Å². The van der Waals surface area contributed by atoms with Crippen molar-refractivity contribution in [1.82, 2.24) is 14.6 Å². The number of rotatable bonds is 5. The second-order valence-electron chi connectivity index (χ2n) is 5.44. The van der Waals surface area contributed by atoms with Gasteiger partial charge in [-0.15, -0.1) is 5.10 Å². The van der Waals surface area contributed by atoms with Crippen molar-refractivity contribution in [1.29, 1.82) is 0 Å². The molecule has 0 aliphatic carbocycles.